The molecule has 20 heavy (non-hydrogen) atoms. The van der Waals surface area contributed by atoms with Crippen molar-refractivity contribution in [2.75, 3.05) is 0 Å². The Kier molecular flexibility index (Phi) is 3.72. The molecule has 0 spiro atoms. The third-order valence-electron chi connectivity index (χ3n) is 2.66. The topological polar surface area (TPSA) is 93.1 Å². The number of hydrogen-bond acceptors (Lipinski definition) is 4. The smallest absolute Gasteiger partial charge is 0.450 e. The first-order valence-electron chi connectivity index (χ1n) is 4.76. The van der Waals surface area contributed by atoms with Gasteiger partial charge in [0.25, 0.3) is 0 Å². The van der Waals surface area contributed by atoms with Crippen LogP contribution in [0.5, 0.6) is 0 Å². The monoisotopic (exact) mass is 312 g/mol. The highest BCUT2D eigenvalue weighted by atomic mass is 19.4. The van der Waals surface area contributed by atoms with Crippen molar-refractivity contribution in [1.29, 1.82) is 0 Å². The first kappa shape index (κ1) is 16.2. The largest absolute Gasteiger partial charge is 0.506 e. The lowest BCUT2D eigenvalue weighted by Gasteiger charge is -2.33. The fourth-order valence-electron chi connectivity index (χ4n) is 1.82. The normalized spacial score (nSPS) is 32.7. The minimum atomic E-state index is -6.20. The van der Waals surface area contributed by atoms with Gasteiger partial charge in [-0.15, -0.1) is 0 Å². The van der Waals surface area contributed by atoms with Crippen molar-refractivity contribution in [3.8, 4) is 0 Å². The van der Waals surface area contributed by atoms with Crippen LogP contribution in [0.25, 0.3) is 0 Å². The highest BCUT2D eigenvalue weighted by Gasteiger charge is 2.83. The molecular formula is C8H6F6O6. The summed E-state index contributed by atoms with van der Waals surface area (Å²) in [5, 5.41) is 16.3. The van der Waals surface area contributed by atoms with Crippen molar-refractivity contribution in [1.82, 2.24) is 0 Å². The van der Waals surface area contributed by atoms with E-state index in [9.17, 15) is 35.9 Å². The fourth-order valence-corrected chi connectivity index (χ4v) is 1.82. The molecule has 0 aromatic heterocycles. The second kappa shape index (κ2) is 4.59. The standard InChI is InChI=1S/C8H6F6O6/c9-6(8(12,13)14)2(19-4(15)16)1-3(7(6,10)11)20-5(17)18/h2-3H,1H2,(H,15,16)(H,17,18). The molecule has 6 nitrogen and oxygen atoms in total. The van der Waals surface area contributed by atoms with Crippen LogP contribution in [0.4, 0.5) is 35.9 Å². The number of halogens is 6. The zero-order chi connectivity index (χ0) is 15.9. The van der Waals surface area contributed by atoms with Crippen molar-refractivity contribution < 1.29 is 55.6 Å². The van der Waals surface area contributed by atoms with Crippen molar-refractivity contribution in [3.05, 3.63) is 0 Å². The summed E-state index contributed by atoms with van der Waals surface area (Å²) in [6.45, 7) is 0. The molecule has 0 aromatic rings. The lowest BCUT2D eigenvalue weighted by atomic mass is 9.97. The minimum absolute atomic E-state index is 1.61. The van der Waals surface area contributed by atoms with Crippen LogP contribution >= 0.6 is 0 Å². The molecule has 0 aliphatic heterocycles. The van der Waals surface area contributed by atoms with Gasteiger partial charge < -0.3 is 19.7 Å². The Morgan fingerprint density at radius 2 is 1.40 bits per heavy atom. The van der Waals surface area contributed by atoms with Gasteiger partial charge in [0.05, 0.1) is 0 Å². The summed E-state index contributed by atoms with van der Waals surface area (Å²) in [5.41, 5.74) is -5.39. The van der Waals surface area contributed by atoms with E-state index < -0.39 is 48.7 Å². The van der Waals surface area contributed by atoms with Crippen LogP contribution in [0.1, 0.15) is 6.42 Å². The summed E-state index contributed by atoms with van der Waals surface area (Å²) in [6.07, 6.45) is -18.8. The van der Waals surface area contributed by atoms with E-state index in [1.807, 2.05) is 0 Å². The van der Waals surface area contributed by atoms with E-state index in [1.165, 1.54) is 0 Å². The number of carbonyl (C=O) groups is 2. The molecule has 3 unspecified atom stereocenters. The van der Waals surface area contributed by atoms with Crippen LogP contribution in [0.3, 0.4) is 0 Å². The Balaban J connectivity index is 3.25. The Bertz CT molecular complexity index is 422. The van der Waals surface area contributed by atoms with E-state index in [0.29, 0.717) is 0 Å². The molecule has 0 amide bonds. The SMILES string of the molecule is O=C(O)OC1CC(OC(=O)O)C(F)(C(F)(F)F)C1(F)F. The van der Waals surface area contributed by atoms with Gasteiger partial charge in [0.1, 0.15) is 0 Å². The molecule has 1 aliphatic rings. The third kappa shape index (κ3) is 2.29. The Morgan fingerprint density at radius 1 is 1.00 bits per heavy atom. The van der Waals surface area contributed by atoms with E-state index in [1.54, 1.807) is 0 Å². The maximum Gasteiger partial charge on any atom is 0.506 e. The van der Waals surface area contributed by atoms with Crippen molar-refractivity contribution in [3.63, 3.8) is 0 Å². The molecule has 12 heteroatoms. The van der Waals surface area contributed by atoms with Crippen LogP contribution in [0.15, 0.2) is 0 Å². The highest BCUT2D eigenvalue weighted by molar-refractivity contribution is 5.58. The average molecular weight is 312 g/mol. The molecular weight excluding hydrogens is 306 g/mol. The van der Waals surface area contributed by atoms with Gasteiger partial charge in [0.2, 0.25) is 0 Å². The molecule has 1 saturated carbocycles. The van der Waals surface area contributed by atoms with Crippen LogP contribution < -0.4 is 0 Å². The molecule has 0 radical (unpaired) electrons. The van der Waals surface area contributed by atoms with Gasteiger partial charge in [0.15, 0.2) is 12.2 Å². The first-order valence-corrected chi connectivity index (χ1v) is 4.76. The average Bonchev–Trinajstić information content (AvgIpc) is 2.38. The van der Waals surface area contributed by atoms with Crippen LogP contribution in [0, 0.1) is 0 Å². The molecule has 1 aliphatic carbocycles. The molecule has 1 fully saturated rings. The summed E-state index contributed by atoms with van der Waals surface area (Å²) in [4.78, 5) is 20.3. The second-order valence-corrected chi connectivity index (χ2v) is 3.81. The minimum Gasteiger partial charge on any atom is -0.450 e. The predicted octanol–water partition coefficient (Wildman–Crippen LogP) is 2.42. The molecule has 0 aromatic carbocycles. The molecule has 0 bridgehead atoms. The van der Waals surface area contributed by atoms with E-state index >= 15 is 0 Å². The van der Waals surface area contributed by atoms with Gasteiger partial charge in [-0.1, -0.05) is 0 Å². The maximum absolute atomic E-state index is 13.8. The number of ether oxygens (including phenoxy) is 2. The number of rotatable bonds is 2. The quantitative estimate of drug-likeness (QED) is 0.601. The summed E-state index contributed by atoms with van der Waals surface area (Å²) in [7, 11) is 0. The van der Waals surface area contributed by atoms with E-state index in [4.69, 9.17) is 10.2 Å². The van der Waals surface area contributed by atoms with E-state index in [2.05, 4.69) is 9.47 Å². The molecule has 3 atom stereocenters. The van der Waals surface area contributed by atoms with Crippen molar-refractivity contribution in [2.24, 2.45) is 0 Å². The number of hydrogen-bond donors (Lipinski definition) is 2. The van der Waals surface area contributed by atoms with E-state index in [-0.39, 0.29) is 0 Å². The third-order valence-corrected chi connectivity index (χ3v) is 2.66. The summed E-state index contributed by atoms with van der Waals surface area (Å²) >= 11 is 0. The summed E-state index contributed by atoms with van der Waals surface area (Å²) in [6, 6.07) is 0. The molecule has 2 N–H and O–H groups in total. The molecule has 116 valence electrons. The molecule has 0 heterocycles. The van der Waals surface area contributed by atoms with Crippen LogP contribution in [-0.2, 0) is 9.47 Å². The zero-order valence-corrected chi connectivity index (χ0v) is 9.16. The summed E-state index contributed by atoms with van der Waals surface area (Å²) < 4.78 is 85.2. The lowest BCUT2D eigenvalue weighted by Crippen LogP contribution is -2.60. The van der Waals surface area contributed by atoms with Gasteiger partial charge in [-0.05, 0) is 0 Å². The van der Waals surface area contributed by atoms with Gasteiger partial charge in [-0.3, -0.25) is 0 Å². The van der Waals surface area contributed by atoms with Crippen LogP contribution in [-0.4, -0.2) is 52.5 Å². The van der Waals surface area contributed by atoms with Gasteiger partial charge >= 0.3 is 30.1 Å². The summed E-state index contributed by atoms with van der Waals surface area (Å²) in [5.74, 6) is -5.34. The van der Waals surface area contributed by atoms with Crippen LogP contribution in [0.2, 0.25) is 0 Å². The Morgan fingerprint density at radius 3 is 1.75 bits per heavy atom. The van der Waals surface area contributed by atoms with E-state index in [0.717, 1.165) is 0 Å². The number of carboxylic acid groups (broad SMARTS) is 2. The fraction of sp³-hybridized carbons (Fsp3) is 0.750. The van der Waals surface area contributed by atoms with Gasteiger partial charge in [-0.25, -0.2) is 14.0 Å². The van der Waals surface area contributed by atoms with Gasteiger partial charge in [0, 0.05) is 6.42 Å². The predicted molar refractivity (Wildman–Crippen MR) is 45.3 cm³/mol. The second-order valence-electron chi connectivity index (χ2n) is 3.81. The van der Waals surface area contributed by atoms with Gasteiger partial charge in [-0.2, -0.15) is 22.0 Å². The Hall–Kier alpha value is -1.88. The zero-order valence-electron chi connectivity index (χ0n) is 9.16. The maximum atomic E-state index is 13.8. The highest BCUT2D eigenvalue weighted by Crippen LogP contribution is 2.56. The Labute approximate surface area is 105 Å². The van der Waals surface area contributed by atoms with Crippen molar-refractivity contribution in [2.45, 2.75) is 36.4 Å². The number of alkyl halides is 6. The lowest BCUT2D eigenvalue weighted by molar-refractivity contribution is -0.319. The molecule has 1 rings (SSSR count). The first-order chi connectivity index (χ1) is 8.84. The van der Waals surface area contributed by atoms with Crippen molar-refractivity contribution >= 4 is 12.3 Å². The molecule has 0 saturated heterocycles.